The predicted octanol–water partition coefficient (Wildman–Crippen LogP) is 4.06. The molecule has 0 saturated heterocycles. The Morgan fingerprint density at radius 3 is 2.59 bits per heavy atom. The fourth-order valence-corrected chi connectivity index (χ4v) is 2.44. The van der Waals surface area contributed by atoms with Gasteiger partial charge in [-0.15, -0.1) is 10.2 Å². The molecule has 0 N–H and O–H groups in total. The van der Waals surface area contributed by atoms with E-state index in [0.717, 1.165) is 5.56 Å². The van der Waals surface area contributed by atoms with E-state index in [9.17, 15) is 4.79 Å². The van der Waals surface area contributed by atoms with E-state index in [-0.39, 0.29) is 5.89 Å². The fraction of sp³-hybridized carbons (Fsp3) is 0.250. The molecule has 0 saturated carbocycles. The molecular formula is C20H20N2O5. The number of carbonyl (C=O) groups excluding carboxylic acids is 1. The van der Waals surface area contributed by atoms with Crippen molar-refractivity contribution in [2.75, 3.05) is 13.7 Å². The highest BCUT2D eigenvalue weighted by Gasteiger charge is 2.21. The van der Waals surface area contributed by atoms with Gasteiger partial charge in [0.05, 0.1) is 19.3 Å². The highest BCUT2D eigenvalue weighted by molar-refractivity contribution is 5.90. The molecule has 7 nitrogen and oxygen atoms in total. The van der Waals surface area contributed by atoms with Gasteiger partial charge in [-0.05, 0) is 44.2 Å². The minimum Gasteiger partial charge on any atom is -0.493 e. The van der Waals surface area contributed by atoms with Crippen LogP contribution in [0.15, 0.2) is 52.9 Å². The van der Waals surface area contributed by atoms with Gasteiger partial charge >= 0.3 is 5.97 Å². The number of aromatic nitrogens is 2. The summed E-state index contributed by atoms with van der Waals surface area (Å²) in [5.41, 5.74) is 1.14. The average molecular weight is 368 g/mol. The normalized spacial score (nSPS) is 11.7. The monoisotopic (exact) mass is 368 g/mol. The maximum absolute atomic E-state index is 12.4. The summed E-state index contributed by atoms with van der Waals surface area (Å²) < 4.78 is 21.8. The number of hydrogen-bond acceptors (Lipinski definition) is 7. The Balaban J connectivity index is 1.72. The molecular weight excluding hydrogens is 348 g/mol. The van der Waals surface area contributed by atoms with Crippen molar-refractivity contribution >= 4 is 5.97 Å². The largest absolute Gasteiger partial charge is 0.493 e. The highest BCUT2D eigenvalue weighted by Crippen LogP contribution is 2.29. The first-order chi connectivity index (χ1) is 13.1. The summed E-state index contributed by atoms with van der Waals surface area (Å²) in [6.45, 7) is 4.04. The van der Waals surface area contributed by atoms with E-state index in [4.69, 9.17) is 18.6 Å². The minimum absolute atomic E-state index is 0.222. The zero-order valence-electron chi connectivity index (χ0n) is 15.3. The van der Waals surface area contributed by atoms with Crippen LogP contribution in [0.3, 0.4) is 0 Å². The molecule has 3 rings (SSSR count). The van der Waals surface area contributed by atoms with E-state index in [2.05, 4.69) is 10.2 Å². The number of benzene rings is 2. The van der Waals surface area contributed by atoms with Gasteiger partial charge in [0, 0.05) is 5.56 Å². The summed E-state index contributed by atoms with van der Waals surface area (Å²) in [4.78, 5) is 12.4. The summed E-state index contributed by atoms with van der Waals surface area (Å²) >= 11 is 0. The van der Waals surface area contributed by atoms with Crippen LogP contribution >= 0.6 is 0 Å². The van der Waals surface area contributed by atoms with Gasteiger partial charge < -0.3 is 18.6 Å². The number of esters is 1. The number of carbonyl (C=O) groups is 1. The molecule has 0 aliphatic carbocycles. The number of ether oxygens (including phenoxy) is 3. The fourth-order valence-electron chi connectivity index (χ4n) is 2.44. The van der Waals surface area contributed by atoms with Crippen LogP contribution in [-0.4, -0.2) is 29.9 Å². The zero-order valence-corrected chi connectivity index (χ0v) is 15.3. The van der Waals surface area contributed by atoms with E-state index < -0.39 is 12.1 Å². The van der Waals surface area contributed by atoms with Crippen molar-refractivity contribution in [1.29, 1.82) is 0 Å². The van der Waals surface area contributed by atoms with Crippen LogP contribution in [0.1, 0.15) is 36.2 Å². The molecule has 2 aromatic carbocycles. The zero-order chi connectivity index (χ0) is 19.2. The third-order valence-electron chi connectivity index (χ3n) is 3.79. The quantitative estimate of drug-likeness (QED) is 0.581. The maximum Gasteiger partial charge on any atom is 0.339 e. The summed E-state index contributed by atoms with van der Waals surface area (Å²) in [6.07, 6.45) is -0.694. The van der Waals surface area contributed by atoms with Gasteiger partial charge in [0.2, 0.25) is 5.89 Å². The molecule has 0 amide bonds. The van der Waals surface area contributed by atoms with Crippen molar-refractivity contribution in [2.24, 2.45) is 0 Å². The van der Waals surface area contributed by atoms with Gasteiger partial charge in [-0.1, -0.05) is 18.2 Å². The van der Waals surface area contributed by atoms with Gasteiger partial charge in [0.15, 0.2) is 17.6 Å². The summed E-state index contributed by atoms with van der Waals surface area (Å²) in [5, 5.41) is 7.98. The number of methoxy groups -OCH3 is 1. The van der Waals surface area contributed by atoms with Gasteiger partial charge in [0.1, 0.15) is 0 Å². The Kier molecular flexibility index (Phi) is 5.71. The van der Waals surface area contributed by atoms with Crippen LogP contribution < -0.4 is 9.47 Å². The van der Waals surface area contributed by atoms with Crippen LogP contribution in [0.2, 0.25) is 0 Å². The molecule has 7 heteroatoms. The number of rotatable bonds is 7. The van der Waals surface area contributed by atoms with E-state index in [0.29, 0.717) is 29.6 Å². The number of hydrogen-bond donors (Lipinski definition) is 0. The Labute approximate surface area is 156 Å². The topological polar surface area (TPSA) is 83.7 Å². The summed E-state index contributed by atoms with van der Waals surface area (Å²) in [6, 6.07) is 14.2. The Hall–Kier alpha value is -3.35. The lowest BCUT2D eigenvalue weighted by molar-refractivity contribution is 0.0279. The molecule has 0 aliphatic rings. The Morgan fingerprint density at radius 1 is 1.11 bits per heavy atom. The SMILES string of the molecule is CCOc1ccc(C(=O)OC(C)c2nnc(-c3ccccc3)o2)cc1OC. The third-order valence-corrected chi connectivity index (χ3v) is 3.79. The molecule has 0 spiro atoms. The standard InChI is InChI=1S/C20H20N2O5/c1-4-25-16-11-10-15(12-17(16)24-3)20(23)26-13(2)18-21-22-19(27-18)14-8-6-5-7-9-14/h5-13H,4H2,1-3H3. The lowest BCUT2D eigenvalue weighted by Gasteiger charge is -2.12. The molecule has 0 radical (unpaired) electrons. The molecule has 140 valence electrons. The van der Waals surface area contributed by atoms with Gasteiger partial charge in [-0.3, -0.25) is 0 Å². The van der Waals surface area contributed by atoms with Gasteiger partial charge in [0.25, 0.3) is 5.89 Å². The molecule has 27 heavy (non-hydrogen) atoms. The molecule has 3 aromatic rings. The first-order valence-electron chi connectivity index (χ1n) is 8.53. The van der Waals surface area contributed by atoms with Crippen molar-refractivity contribution in [1.82, 2.24) is 10.2 Å². The van der Waals surface area contributed by atoms with E-state index in [1.54, 1.807) is 25.1 Å². The second kappa shape index (κ2) is 8.35. The van der Waals surface area contributed by atoms with Crippen LogP contribution in [0.4, 0.5) is 0 Å². The van der Waals surface area contributed by atoms with Crippen molar-refractivity contribution in [3.05, 3.63) is 60.0 Å². The molecule has 1 heterocycles. The molecule has 1 aromatic heterocycles. The summed E-state index contributed by atoms with van der Waals surface area (Å²) in [5.74, 6) is 1.09. The van der Waals surface area contributed by atoms with Crippen LogP contribution in [0.25, 0.3) is 11.5 Å². The molecule has 0 bridgehead atoms. The Morgan fingerprint density at radius 2 is 1.89 bits per heavy atom. The predicted molar refractivity (Wildman–Crippen MR) is 97.7 cm³/mol. The van der Waals surface area contributed by atoms with Gasteiger partial charge in [-0.2, -0.15) is 0 Å². The first-order valence-corrected chi connectivity index (χ1v) is 8.53. The summed E-state index contributed by atoms with van der Waals surface area (Å²) in [7, 11) is 1.51. The smallest absolute Gasteiger partial charge is 0.339 e. The van der Waals surface area contributed by atoms with Crippen LogP contribution in [-0.2, 0) is 4.74 Å². The van der Waals surface area contributed by atoms with E-state index in [1.165, 1.54) is 7.11 Å². The van der Waals surface area contributed by atoms with Crippen molar-refractivity contribution in [3.8, 4) is 23.0 Å². The van der Waals surface area contributed by atoms with Crippen molar-refractivity contribution in [3.63, 3.8) is 0 Å². The first kappa shape index (κ1) is 18.4. The van der Waals surface area contributed by atoms with Crippen LogP contribution in [0, 0.1) is 0 Å². The van der Waals surface area contributed by atoms with E-state index in [1.807, 2.05) is 37.3 Å². The number of nitrogens with zero attached hydrogens (tertiary/aromatic N) is 2. The molecule has 0 aliphatic heterocycles. The second-order valence-corrected chi connectivity index (χ2v) is 5.66. The lowest BCUT2D eigenvalue weighted by Crippen LogP contribution is -2.10. The molecule has 0 fully saturated rings. The lowest BCUT2D eigenvalue weighted by atomic mass is 10.2. The van der Waals surface area contributed by atoms with Crippen LogP contribution in [0.5, 0.6) is 11.5 Å². The van der Waals surface area contributed by atoms with Gasteiger partial charge in [-0.25, -0.2) is 4.79 Å². The van der Waals surface area contributed by atoms with Crippen molar-refractivity contribution < 1.29 is 23.4 Å². The maximum atomic E-state index is 12.4. The average Bonchev–Trinajstić information content (AvgIpc) is 3.19. The molecule has 1 unspecified atom stereocenters. The molecule has 1 atom stereocenters. The minimum atomic E-state index is -0.694. The van der Waals surface area contributed by atoms with E-state index >= 15 is 0 Å². The highest BCUT2D eigenvalue weighted by atomic mass is 16.6. The second-order valence-electron chi connectivity index (χ2n) is 5.66. The third kappa shape index (κ3) is 4.25. The van der Waals surface area contributed by atoms with Crippen molar-refractivity contribution in [2.45, 2.75) is 20.0 Å². The Bertz CT molecular complexity index is 908.